The van der Waals surface area contributed by atoms with E-state index in [0.717, 1.165) is 11.8 Å². The number of fused-ring (bicyclic) bond motifs is 2. The summed E-state index contributed by atoms with van der Waals surface area (Å²) in [6, 6.07) is 0. The monoisotopic (exact) mass is 170 g/mol. The van der Waals surface area contributed by atoms with Crippen LogP contribution in [0.5, 0.6) is 0 Å². The highest BCUT2D eigenvalue weighted by Crippen LogP contribution is 2.42. The third kappa shape index (κ3) is 1.05. The van der Waals surface area contributed by atoms with Gasteiger partial charge in [-0.25, -0.2) is 0 Å². The summed E-state index contributed by atoms with van der Waals surface area (Å²) in [7, 11) is 0. The first-order valence-corrected chi connectivity index (χ1v) is 5.14. The van der Waals surface area contributed by atoms with Crippen molar-refractivity contribution in [2.45, 2.75) is 19.8 Å². The van der Waals surface area contributed by atoms with Gasteiger partial charge in [-0.3, -0.25) is 0 Å². The maximum Gasteiger partial charge on any atom is -0.000799 e. The predicted octanol–water partition coefficient (Wildman–Crippen LogP) is 3.40. The second kappa shape index (κ2) is 2.47. The Hall–Kier alpha value is -1.04. The number of rotatable bonds is 0. The minimum absolute atomic E-state index is 0.755. The number of hydrogen-bond acceptors (Lipinski definition) is 0. The lowest BCUT2D eigenvalue weighted by atomic mass is 9.90. The Kier molecular flexibility index (Phi) is 1.40. The van der Waals surface area contributed by atoms with E-state index < -0.39 is 0 Å². The summed E-state index contributed by atoms with van der Waals surface area (Å²) in [5.41, 5.74) is 4.54. The Morgan fingerprint density at radius 1 is 1.31 bits per heavy atom. The lowest BCUT2D eigenvalue weighted by molar-refractivity contribution is 0.585. The van der Waals surface area contributed by atoms with Gasteiger partial charge in [-0.05, 0) is 35.8 Å². The first-order valence-electron chi connectivity index (χ1n) is 5.14. The van der Waals surface area contributed by atoms with Gasteiger partial charge in [-0.2, -0.15) is 0 Å². The van der Waals surface area contributed by atoms with E-state index in [1.54, 1.807) is 5.57 Å². The molecule has 0 spiro atoms. The maximum absolute atomic E-state index is 2.45. The van der Waals surface area contributed by atoms with E-state index in [9.17, 15) is 0 Å². The lowest BCUT2D eigenvalue weighted by Gasteiger charge is -2.15. The van der Waals surface area contributed by atoms with Crippen LogP contribution in [0.3, 0.4) is 0 Å². The summed E-state index contributed by atoms with van der Waals surface area (Å²) in [5.74, 6) is 1.64. The molecule has 0 amide bonds. The molecule has 0 heteroatoms. The minimum Gasteiger partial charge on any atom is -0.0695 e. The van der Waals surface area contributed by atoms with Crippen LogP contribution in [0.2, 0.25) is 0 Å². The van der Waals surface area contributed by atoms with Gasteiger partial charge < -0.3 is 0 Å². The molecule has 3 aliphatic rings. The molecule has 0 heterocycles. The van der Waals surface area contributed by atoms with E-state index in [1.165, 1.54) is 24.0 Å². The van der Waals surface area contributed by atoms with E-state index in [2.05, 4.69) is 37.3 Å². The molecule has 66 valence electrons. The van der Waals surface area contributed by atoms with E-state index in [-0.39, 0.29) is 0 Å². The molecule has 2 atom stereocenters. The molecular weight excluding hydrogens is 156 g/mol. The van der Waals surface area contributed by atoms with Crippen molar-refractivity contribution >= 4 is 0 Å². The highest BCUT2D eigenvalue weighted by atomic mass is 14.3. The average molecular weight is 170 g/mol. The summed E-state index contributed by atoms with van der Waals surface area (Å²) in [4.78, 5) is 0. The van der Waals surface area contributed by atoms with Gasteiger partial charge in [0, 0.05) is 0 Å². The molecular formula is C13H14. The van der Waals surface area contributed by atoms with Gasteiger partial charge in [0.15, 0.2) is 0 Å². The van der Waals surface area contributed by atoms with Crippen molar-refractivity contribution in [3.63, 3.8) is 0 Å². The summed E-state index contributed by atoms with van der Waals surface area (Å²) < 4.78 is 0. The van der Waals surface area contributed by atoms with Crippen LogP contribution in [0, 0.1) is 11.8 Å². The van der Waals surface area contributed by atoms with Gasteiger partial charge in [-0.15, -0.1) is 0 Å². The van der Waals surface area contributed by atoms with Crippen molar-refractivity contribution in [3.8, 4) is 0 Å². The van der Waals surface area contributed by atoms with Crippen LogP contribution in [0.4, 0.5) is 0 Å². The third-order valence-electron chi connectivity index (χ3n) is 3.32. The maximum atomic E-state index is 2.45. The fraction of sp³-hybridized carbons (Fsp3) is 0.385. The van der Waals surface area contributed by atoms with Crippen molar-refractivity contribution in [1.82, 2.24) is 0 Å². The standard InChI is InChI=1S/C13H14/c1-9-5-12-7-10-3-2-4-11(10)8-13(12)6-9/h2-4,7-9,12H,5-6H2,1H3. The summed E-state index contributed by atoms with van der Waals surface area (Å²) >= 11 is 0. The van der Waals surface area contributed by atoms with Gasteiger partial charge in [-0.1, -0.05) is 42.9 Å². The van der Waals surface area contributed by atoms with Crippen molar-refractivity contribution in [1.29, 1.82) is 0 Å². The van der Waals surface area contributed by atoms with Crippen molar-refractivity contribution in [2.24, 2.45) is 11.8 Å². The second-order valence-electron chi connectivity index (χ2n) is 4.47. The molecule has 3 aliphatic carbocycles. The Morgan fingerprint density at radius 2 is 2.23 bits per heavy atom. The Balaban J connectivity index is 2.02. The third-order valence-corrected chi connectivity index (χ3v) is 3.32. The highest BCUT2D eigenvalue weighted by Gasteiger charge is 2.28. The fourth-order valence-corrected chi connectivity index (χ4v) is 2.71. The smallest absolute Gasteiger partial charge is 0.000799 e. The zero-order chi connectivity index (χ0) is 8.84. The van der Waals surface area contributed by atoms with Gasteiger partial charge in [0.2, 0.25) is 0 Å². The van der Waals surface area contributed by atoms with Gasteiger partial charge in [0.25, 0.3) is 0 Å². The minimum atomic E-state index is 0.755. The average Bonchev–Trinajstić information content (AvgIpc) is 2.63. The molecule has 2 unspecified atom stereocenters. The molecule has 1 fully saturated rings. The van der Waals surface area contributed by atoms with Crippen molar-refractivity contribution in [3.05, 3.63) is 47.1 Å². The fourth-order valence-electron chi connectivity index (χ4n) is 2.71. The van der Waals surface area contributed by atoms with E-state index >= 15 is 0 Å². The first-order chi connectivity index (χ1) is 6.33. The summed E-state index contributed by atoms with van der Waals surface area (Å²) in [6.45, 7) is 2.36. The van der Waals surface area contributed by atoms with Gasteiger partial charge in [0.05, 0.1) is 0 Å². The molecule has 0 nitrogen and oxygen atoms in total. The van der Waals surface area contributed by atoms with Crippen LogP contribution >= 0.6 is 0 Å². The molecule has 0 aromatic heterocycles. The molecule has 0 bridgehead atoms. The van der Waals surface area contributed by atoms with Gasteiger partial charge in [0.1, 0.15) is 0 Å². The first kappa shape index (κ1) is 7.37. The Bertz CT molecular complexity index is 363. The highest BCUT2D eigenvalue weighted by molar-refractivity contribution is 5.58. The van der Waals surface area contributed by atoms with Crippen molar-refractivity contribution < 1.29 is 0 Å². The quantitative estimate of drug-likeness (QED) is 0.522. The Labute approximate surface area is 79.3 Å². The van der Waals surface area contributed by atoms with Gasteiger partial charge >= 0.3 is 0 Å². The Morgan fingerprint density at radius 3 is 3.15 bits per heavy atom. The topological polar surface area (TPSA) is 0 Å². The SMILES string of the molecule is CC1CC2=CC3=CC=CC3=CC2C1. The van der Waals surface area contributed by atoms with Crippen LogP contribution in [-0.2, 0) is 0 Å². The van der Waals surface area contributed by atoms with Crippen molar-refractivity contribution in [2.75, 3.05) is 0 Å². The second-order valence-corrected chi connectivity index (χ2v) is 4.47. The molecule has 1 saturated carbocycles. The molecule has 13 heavy (non-hydrogen) atoms. The molecule has 0 aliphatic heterocycles. The molecule has 0 aromatic carbocycles. The van der Waals surface area contributed by atoms with E-state index in [0.29, 0.717) is 0 Å². The largest absolute Gasteiger partial charge is 0.0695 e. The lowest BCUT2D eigenvalue weighted by Crippen LogP contribution is -2.00. The molecule has 0 aromatic rings. The van der Waals surface area contributed by atoms with Crippen LogP contribution in [-0.4, -0.2) is 0 Å². The van der Waals surface area contributed by atoms with Crippen LogP contribution in [0.1, 0.15) is 19.8 Å². The van der Waals surface area contributed by atoms with E-state index in [1.807, 2.05) is 0 Å². The molecule has 0 saturated heterocycles. The zero-order valence-electron chi connectivity index (χ0n) is 7.96. The van der Waals surface area contributed by atoms with Crippen LogP contribution in [0.25, 0.3) is 0 Å². The van der Waals surface area contributed by atoms with Crippen LogP contribution < -0.4 is 0 Å². The molecule has 0 N–H and O–H groups in total. The summed E-state index contributed by atoms with van der Waals surface area (Å²) in [6.07, 6.45) is 14.1. The normalized spacial score (nSPS) is 35.0. The zero-order valence-corrected chi connectivity index (χ0v) is 7.96. The predicted molar refractivity (Wildman–Crippen MR) is 55.3 cm³/mol. The summed E-state index contributed by atoms with van der Waals surface area (Å²) in [5, 5.41) is 0. The van der Waals surface area contributed by atoms with Crippen LogP contribution in [0.15, 0.2) is 47.1 Å². The molecule has 3 rings (SSSR count). The van der Waals surface area contributed by atoms with E-state index in [4.69, 9.17) is 0 Å². The number of allylic oxidation sites excluding steroid dienone is 8. The number of hydrogen-bond donors (Lipinski definition) is 0. The molecule has 0 radical (unpaired) electrons.